The fourth-order valence-electron chi connectivity index (χ4n) is 3.97. The normalized spacial score (nSPS) is 22.7. The van der Waals surface area contributed by atoms with E-state index in [9.17, 15) is 4.79 Å². The Labute approximate surface area is 159 Å². The van der Waals surface area contributed by atoms with E-state index in [0.717, 1.165) is 55.9 Å². The Hall–Kier alpha value is -1.47. The van der Waals surface area contributed by atoms with Gasteiger partial charge in [0, 0.05) is 35.6 Å². The van der Waals surface area contributed by atoms with Crippen LogP contribution in [-0.2, 0) is 0 Å². The van der Waals surface area contributed by atoms with Gasteiger partial charge in [-0.25, -0.2) is 4.98 Å². The standard InChI is InChI=1S/C19H31N5OS/c1-4-9-26-14-10-19(16(21)15(14)20)5-7-24(8-6-19)17-18(25)23-13(11-22-17)12(2)3/h11-12,16H,4-10,20-21H2,1-3H3,(H,23,25). The van der Waals surface area contributed by atoms with E-state index in [1.165, 1.54) is 4.91 Å². The largest absolute Gasteiger partial charge is 0.400 e. The molecule has 0 amide bonds. The van der Waals surface area contributed by atoms with Crippen molar-refractivity contribution in [3.8, 4) is 0 Å². The molecule has 2 heterocycles. The summed E-state index contributed by atoms with van der Waals surface area (Å²) < 4.78 is 0. The van der Waals surface area contributed by atoms with Crippen LogP contribution in [0.2, 0.25) is 0 Å². The van der Waals surface area contributed by atoms with Crippen molar-refractivity contribution in [2.75, 3.05) is 23.7 Å². The first-order chi connectivity index (χ1) is 12.4. The minimum atomic E-state index is -0.0975. The van der Waals surface area contributed by atoms with E-state index < -0.39 is 0 Å². The van der Waals surface area contributed by atoms with Gasteiger partial charge in [0.2, 0.25) is 0 Å². The summed E-state index contributed by atoms with van der Waals surface area (Å²) in [6, 6.07) is -0.0708. The third-order valence-electron chi connectivity index (χ3n) is 5.78. The fraction of sp³-hybridized carbons (Fsp3) is 0.684. The van der Waals surface area contributed by atoms with E-state index in [0.29, 0.717) is 5.82 Å². The van der Waals surface area contributed by atoms with Crippen molar-refractivity contribution in [1.82, 2.24) is 9.97 Å². The summed E-state index contributed by atoms with van der Waals surface area (Å²) in [6.45, 7) is 7.87. The van der Waals surface area contributed by atoms with Gasteiger partial charge in [0.25, 0.3) is 5.56 Å². The smallest absolute Gasteiger partial charge is 0.291 e. The molecule has 1 aromatic heterocycles. The van der Waals surface area contributed by atoms with Crippen LogP contribution in [-0.4, -0.2) is 34.9 Å². The van der Waals surface area contributed by atoms with Crippen LogP contribution < -0.4 is 21.9 Å². The lowest BCUT2D eigenvalue weighted by Crippen LogP contribution is -2.50. The number of hydrogen-bond acceptors (Lipinski definition) is 6. The molecule has 1 spiro atoms. The molecule has 0 bridgehead atoms. The zero-order valence-electron chi connectivity index (χ0n) is 16.0. The first-order valence-corrected chi connectivity index (χ1v) is 10.6. The van der Waals surface area contributed by atoms with Crippen LogP contribution in [0.15, 0.2) is 21.6 Å². The van der Waals surface area contributed by atoms with Crippen LogP contribution in [0.5, 0.6) is 0 Å². The lowest BCUT2D eigenvalue weighted by molar-refractivity contribution is 0.203. The molecule has 1 aromatic rings. The maximum Gasteiger partial charge on any atom is 0.291 e. The zero-order valence-corrected chi connectivity index (χ0v) is 16.9. The van der Waals surface area contributed by atoms with Crippen LogP contribution in [0.3, 0.4) is 0 Å². The molecule has 1 aliphatic heterocycles. The fourth-order valence-corrected chi connectivity index (χ4v) is 5.11. The highest BCUT2D eigenvalue weighted by atomic mass is 32.2. The molecule has 26 heavy (non-hydrogen) atoms. The molecule has 0 aromatic carbocycles. The minimum Gasteiger partial charge on any atom is -0.400 e. The zero-order chi connectivity index (χ0) is 18.9. The molecule has 3 rings (SSSR count). The van der Waals surface area contributed by atoms with Gasteiger partial charge in [-0.15, -0.1) is 11.8 Å². The van der Waals surface area contributed by atoms with E-state index in [2.05, 4.69) is 21.8 Å². The van der Waals surface area contributed by atoms with Gasteiger partial charge < -0.3 is 21.4 Å². The van der Waals surface area contributed by atoms with Crippen LogP contribution in [0.25, 0.3) is 0 Å². The second kappa shape index (κ2) is 7.64. The Morgan fingerprint density at radius 1 is 1.42 bits per heavy atom. The van der Waals surface area contributed by atoms with Gasteiger partial charge in [0.1, 0.15) is 0 Å². The number of aromatic nitrogens is 2. The number of thioether (sulfide) groups is 1. The molecule has 0 radical (unpaired) electrons. The Kier molecular flexibility index (Phi) is 5.67. The molecule has 2 aliphatic rings. The number of rotatable bonds is 5. The minimum absolute atomic E-state index is 0.0429. The molecule has 5 N–H and O–H groups in total. The summed E-state index contributed by atoms with van der Waals surface area (Å²) in [7, 11) is 0. The van der Waals surface area contributed by atoms with Crippen LogP contribution in [0, 0.1) is 5.41 Å². The highest BCUT2D eigenvalue weighted by Crippen LogP contribution is 2.50. The maximum atomic E-state index is 12.4. The first-order valence-electron chi connectivity index (χ1n) is 9.59. The summed E-state index contributed by atoms with van der Waals surface area (Å²) in [5, 5.41) is 0. The molecular weight excluding hydrogens is 346 g/mol. The Bertz CT molecular complexity index is 734. The number of piperidine rings is 1. The maximum absolute atomic E-state index is 12.4. The van der Waals surface area contributed by atoms with E-state index in [-0.39, 0.29) is 22.9 Å². The monoisotopic (exact) mass is 377 g/mol. The summed E-state index contributed by atoms with van der Waals surface area (Å²) in [6.07, 6.45) is 5.79. The lowest BCUT2D eigenvalue weighted by atomic mass is 9.73. The SMILES string of the molecule is CCCSC1=C(N)C(N)C2(CCN(c3ncc(C(C)C)[nH]c3=O)CC2)C1. The number of anilines is 1. The van der Waals surface area contributed by atoms with E-state index in [4.69, 9.17) is 11.5 Å². The molecule has 0 saturated carbocycles. The van der Waals surface area contributed by atoms with Crippen molar-refractivity contribution in [2.24, 2.45) is 16.9 Å². The number of nitrogens with two attached hydrogens (primary N) is 2. The van der Waals surface area contributed by atoms with Gasteiger partial charge in [-0.1, -0.05) is 20.8 Å². The predicted molar refractivity (Wildman–Crippen MR) is 109 cm³/mol. The summed E-state index contributed by atoms with van der Waals surface area (Å²) in [5.74, 6) is 1.88. The number of nitrogens with one attached hydrogen (secondary N) is 1. The molecule has 144 valence electrons. The molecular formula is C19H31N5OS. The average molecular weight is 378 g/mol. The molecule has 1 fully saturated rings. The lowest BCUT2D eigenvalue weighted by Gasteiger charge is -2.42. The second-order valence-electron chi connectivity index (χ2n) is 7.88. The van der Waals surface area contributed by atoms with Gasteiger partial charge in [-0.05, 0) is 42.8 Å². The average Bonchev–Trinajstić information content (AvgIpc) is 2.85. The van der Waals surface area contributed by atoms with Crippen LogP contribution >= 0.6 is 11.8 Å². The number of hydrogen-bond donors (Lipinski definition) is 3. The Balaban J connectivity index is 1.69. The molecule has 1 unspecified atom stereocenters. The van der Waals surface area contributed by atoms with Gasteiger partial charge in [0.05, 0.1) is 6.04 Å². The Morgan fingerprint density at radius 3 is 2.69 bits per heavy atom. The first kappa shape index (κ1) is 19.3. The molecule has 1 aliphatic carbocycles. The van der Waals surface area contributed by atoms with Crippen molar-refractivity contribution >= 4 is 17.6 Å². The third-order valence-corrected chi connectivity index (χ3v) is 7.12. The highest BCUT2D eigenvalue weighted by molar-refractivity contribution is 8.03. The van der Waals surface area contributed by atoms with Crippen molar-refractivity contribution in [2.45, 2.75) is 58.4 Å². The number of H-pyrrole nitrogens is 1. The van der Waals surface area contributed by atoms with Crippen molar-refractivity contribution in [3.05, 3.63) is 32.8 Å². The van der Waals surface area contributed by atoms with Crippen molar-refractivity contribution in [1.29, 1.82) is 0 Å². The van der Waals surface area contributed by atoms with Crippen molar-refractivity contribution < 1.29 is 0 Å². The molecule has 1 atom stereocenters. The number of aromatic amines is 1. The van der Waals surface area contributed by atoms with Gasteiger partial charge in [-0.2, -0.15) is 0 Å². The summed E-state index contributed by atoms with van der Waals surface area (Å²) in [5.41, 5.74) is 14.6. The molecule has 7 heteroatoms. The van der Waals surface area contributed by atoms with Crippen LogP contribution in [0.4, 0.5) is 5.82 Å². The topological polar surface area (TPSA) is 101 Å². The van der Waals surface area contributed by atoms with E-state index in [1.807, 2.05) is 25.6 Å². The van der Waals surface area contributed by atoms with Crippen molar-refractivity contribution in [3.63, 3.8) is 0 Å². The van der Waals surface area contributed by atoms with Crippen LogP contribution in [0.1, 0.15) is 58.1 Å². The quantitative estimate of drug-likeness (QED) is 0.729. The second-order valence-corrected chi connectivity index (χ2v) is 9.07. The molecule has 6 nitrogen and oxygen atoms in total. The van der Waals surface area contributed by atoms with E-state index in [1.54, 1.807) is 6.20 Å². The summed E-state index contributed by atoms with van der Waals surface area (Å²) in [4.78, 5) is 23.2. The van der Waals surface area contributed by atoms with Gasteiger partial charge in [-0.3, -0.25) is 4.79 Å². The summed E-state index contributed by atoms with van der Waals surface area (Å²) >= 11 is 1.86. The molecule has 1 saturated heterocycles. The van der Waals surface area contributed by atoms with E-state index >= 15 is 0 Å². The Morgan fingerprint density at radius 2 is 2.12 bits per heavy atom. The van der Waals surface area contributed by atoms with Gasteiger partial charge in [0.15, 0.2) is 5.82 Å². The number of allylic oxidation sites excluding steroid dienone is 1. The van der Waals surface area contributed by atoms with Gasteiger partial charge >= 0.3 is 0 Å². The number of nitrogens with zero attached hydrogens (tertiary/aromatic N) is 2. The highest BCUT2D eigenvalue weighted by Gasteiger charge is 2.47. The third kappa shape index (κ3) is 3.51. The predicted octanol–water partition coefficient (Wildman–Crippen LogP) is 2.52.